The van der Waals surface area contributed by atoms with Crippen LogP contribution in [0.25, 0.3) is 0 Å². The van der Waals surface area contributed by atoms with Crippen LogP contribution in [-0.2, 0) is 16.0 Å². The quantitative estimate of drug-likeness (QED) is 0.789. The molecule has 2 amide bonds. The molecule has 3 heterocycles. The molecule has 8 heteroatoms. The number of hydrogen-bond acceptors (Lipinski definition) is 5. The van der Waals surface area contributed by atoms with Crippen molar-refractivity contribution in [2.45, 2.75) is 32.6 Å². The molecule has 0 aliphatic carbocycles. The van der Waals surface area contributed by atoms with Crippen molar-refractivity contribution in [2.24, 2.45) is 11.8 Å². The number of anilines is 1. The number of nitrogens with zero attached hydrogens (tertiary/aromatic N) is 4. The van der Waals surface area contributed by atoms with Gasteiger partial charge in [0.2, 0.25) is 16.9 Å². The number of likely N-dealkylation sites (tertiary alicyclic amines) is 1. The van der Waals surface area contributed by atoms with E-state index >= 15 is 0 Å². The normalized spacial score (nSPS) is 20.8. The molecule has 0 saturated carbocycles. The summed E-state index contributed by atoms with van der Waals surface area (Å²) in [5.41, 5.74) is 1.13. The Morgan fingerprint density at radius 2 is 1.93 bits per heavy atom. The maximum absolute atomic E-state index is 13.0. The van der Waals surface area contributed by atoms with Gasteiger partial charge in [0.15, 0.2) is 0 Å². The Morgan fingerprint density at radius 1 is 1.21 bits per heavy atom. The lowest BCUT2D eigenvalue weighted by Crippen LogP contribution is -2.42. The van der Waals surface area contributed by atoms with Crippen LogP contribution >= 0.6 is 11.3 Å². The Labute approximate surface area is 167 Å². The molecule has 1 atom stereocenters. The van der Waals surface area contributed by atoms with Gasteiger partial charge in [-0.3, -0.25) is 14.5 Å². The lowest BCUT2D eigenvalue weighted by molar-refractivity contribution is -0.137. The number of piperidine rings is 1. The zero-order valence-electron chi connectivity index (χ0n) is 15.8. The van der Waals surface area contributed by atoms with Gasteiger partial charge in [-0.25, -0.2) is 4.39 Å². The van der Waals surface area contributed by atoms with Gasteiger partial charge in [0.05, 0.1) is 5.92 Å². The molecule has 0 radical (unpaired) electrons. The van der Waals surface area contributed by atoms with Crippen LogP contribution in [0.3, 0.4) is 0 Å². The molecule has 2 fully saturated rings. The number of benzene rings is 1. The number of carbonyl (C=O) groups excluding carboxylic acids is 2. The zero-order chi connectivity index (χ0) is 19.7. The van der Waals surface area contributed by atoms with Gasteiger partial charge in [-0.2, -0.15) is 0 Å². The highest BCUT2D eigenvalue weighted by Gasteiger charge is 2.39. The minimum absolute atomic E-state index is 0.0549. The third-order valence-electron chi connectivity index (χ3n) is 5.58. The first-order chi connectivity index (χ1) is 13.5. The number of amides is 2. The molecule has 2 aliphatic heterocycles. The maximum atomic E-state index is 13.0. The van der Waals surface area contributed by atoms with E-state index in [9.17, 15) is 14.0 Å². The van der Waals surface area contributed by atoms with Gasteiger partial charge in [-0.1, -0.05) is 23.5 Å². The number of aromatic nitrogens is 2. The monoisotopic (exact) mass is 402 g/mol. The minimum Gasteiger partial charge on any atom is -0.342 e. The first-order valence-electron chi connectivity index (χ1n) is 9.63. The van der Waals surface area contributed by atoms with Crippen LogP contribution in [0.4, 0.5) is 9.52 Å². The van der Waals surface area contributed by atoms with Crippen molar-refractivity contribution in [2.75, 3.05) is 24.5 Å². The summed E-state index contributed by atoms with van der Waals surface area (Å²) in [7, 11) is 0. The van der Waals surface area contributed by atoms with Crippen molar-refractivity contribution in [3.63, 3.8) is 0 Å². The molecule has 1 aromatic heterocycles. The van der Waals surface area contributed by atoms with Crippen molar-refractivity contribution in [3.05, 3.63) is 40.7 Å². The molecule has 6 nitrogen and oxygen atoms in total. The third kappa shape index (κ3) is 4.06. The Hall–Kier alpha value is -2.35. The molecule has 1 aromatic carbocycles. The van der Waals surface area contributed by atoms with E-state index in [0.717, 1.165) is 29.8 Å². The summed E-state index contributed by atoms with van der Waals surface area (Å²) in [6.45, 7) is 3.67. The van der Waals surface area contributed by atoms with Crippen molar-refractivity contribution in [1.82, 2.24) is 15.1 Å². The van der Waals surface area contributed by atoms with E-state index in [1.807, 2.05) is 24.0 Å². The molecule has 2 aromatic rings. The highest BCUT2D eigenvalue weighted by atomic mass is 32.1. The summed E-state index contributed by atoms with van der Waals surface area (Å²) in [5.74, 6) is -0.00281. The van der Waals surface area contributed by atoms with E-state index in [2.05, 4.69) is 10.2 Å². The van der Waals surface area contributed by atoms with Crippen LogP contribution in [-0.4, -0.2) is 46.5 Å². The highest BCUT2D eigenvalue weighted by molar-refractivity contribution is 7.15. The fourth-order valence-corrected chi connectivity index (χ4v) is 4.74. The van der Waals surface area contributed by atoms with Crippen molar-refractivity contribution in [3.8, 4) is 0 Å². The van der Waals surface area contributed by atoms with Gasteiger partial charge < -0.3 is 4.90 Å². The molecule has 1 unspecified atom stereocenters. The predicted octanol–water partition coefficient (Wildman–Crippen LogP) is 2.82. The molecule has 0 N–H and O–H groups in total. The second-order valence-electron chi connectivity index (χ2n) is 7.61. The summed E-state index contributed by atoms with van der Waals surface area (Å²) in [6, 6.07) is 6.66. The molecule has 2 saturated heterocycles. The summed E-state index contributed by atoms with van der Waals surface area (Å²) < 4.78 is 13.0. The summed E-state index contributed by atoms with van der Waals surface area (Å²) in [6.07, 6.45) is 3.02. The molecular weight excluding hydrogens is 379 g/mol. The number of carbonyl (C=O) groups is 2. The second-order valence-corrected chi connectivity index (χ2v) is 8.77. The average molecular weight is 402 g/mol. The van der Waals surface area contributed by atoms with Crippen LogP contribution in [0, 0.1) is 24.6 Å². The van der Waals surface area contributed by atoms with Crippen LogP contribution < -0.4 is 4.90 Å². The number of aryl methyl sites for hydroxylation is 1. The Kier molecular flexibility index (Phi) is 5.39. The first-order valence-corrected chi connectivity index (χ1v) is 10.4. The third-order valence-corrected chi connectivity index (χ3v) is 6.45. The van der Waals surface area contributed by atoms with Gasteiger partial charge in [0.1, 0.15) is 10.8 Å². The zero-order valence-corrected chi connectivity index (χ0v) is 16.6. The standard InChI is InChI=1S/C20H23FN4O2S/c1-13-22-23-20(28-13)25-12-16(11-18(25)26)19(27)24-8-6-15(7-9-24)10-14-2-4-17(21)5-3-14/h2-5,15-16H,6-12H2,1H3. The SMILES string of the molecule is Cc1nnc(N2CC(C(=O)N3CCC(Cc4ccc(F)cc4)CC3)CC2=O)s1. The second kappa shape index (κ2) is 7.95. The molecule has 4 rings (SSSR count). The van der Waals surface area contributed by atoms with Crippen LogP contribution in [0.2, 0.25) is 0 Å². The van der Waals surface area contributed by atoms with Gasteiger partial charge >= 0.3 is 0 Å². The molecule has 28 heavy (non-hydrogen) atoms. The van der Waals surface area contributed by atoms with E-state index in [4.69, 9.17) is 0 Å². The predicted molar refractivity (Wildman–Crippen MR) is 105 cm³/mol. The smallest absolute Gasteiger partial charge is 0.229 e. The van der Waals surface area contributed by atoms with E-state index < -0.39 is 0 Å². The molecule has 0 bridgehead atoms. The van der Waals surface area contributed by atoms with Crippen LogP contribution in [0.5, 0.6) is 0 Å². The summed E-state index contributed by atoms with van der Waals surface area (Å²) in [5, 5.41) is 9.38. The largest absolute Gasteiger partial charge is 0.342 e. The van der Waals surface area contributed by atoms with Crippen LogP contribution in [0.15, 0.2) is 24.3 Å². The Morgan fingerprint density at radius 3 is 2.57 bits per heavy atom. The van der Waals surface area contributed by atoms with Gasteiger partial charge in [-0.15, -0.1) is 10.2 Å². The topological polar surface area (TPSA) is 66.4 Å². The lowest BCUT2D eigenvalue weighted by atomic mass is 9.89. The molecule has 148 valence electrons. The van der Waals surface area contributed by atoms with E-state index in [-0.39, 0.29) is 30.0 Å². The summed E-state index contributed by atoms with van der Waals surface area (Å²) >= 11 is 1.37. The Balaban J connectivity index is 1.30. The van der Waals surface area contributed by atoms with Gasteiger partial charge in [0.25, 0.3) is 0 Å². The molecular formula is C20H23FN4O2S. The maximum Gasteiger partial charge on any atom is 0.229 e. The van der Waals surface area contributed by atoms with Crippen LogP contribution in [0.1, 0.15) is 29.8 Å². The van der Waals surface area contributed by atoms with Crippen molar-refractivity contribution < 1.29 is 14.0 Å². The van der Waals surface area contributed by atoms with E-state index in [1.165, 1.54) is 23.5 Å². The Bertz CT molecular complexity index is 861. The summed E-state index contributed by atoms with van der Waals surface area (Å²) in [4.78, 5) is 28.7. The fraction of sp³-hybridized carbons (Fsp3) is 0.500. The highest BCUT2D eigenvalue weighted by Crippen LogP contribution is 2.30. The fourth-order valence-electron chi connectivity index (χ4n) is 4.02. The number of halogens is 1. The lowest BCUT2D eigenvalue weighted by Gasteiger charge is -2.33. The molecule has 2 aliphatic rings. The number of hydrogen-bond donors (Lipinski definition) is 0. The number of rotatable bonds is 4. The average Bonchev–Trinajstić information content (AvgIpc) is 3.29. The first kappa shape index (κ1) is 19.0. The van der Waals surface area contributed by atoms with E-state index in [1.54, 1.807) is 4.90 Å². The van der Waals surface area contributed by atoms with E-state index in [0.29, 0.717) is 30.7 Å². The molecule has 0 spiro atoms. The van der Waals surface area contributed by atoms with Crippen molar-refractivity contribution >= 4 is 28.3 Å². The minimum atomic E-state index is -0.301. The van der Waals surface area contributed by atoms with Gasteiger partial charge in [-0.05, 0) is 49.8 Å². The van der Waals surface area contributed by atoms with Gasteiger partial charge in [0, 0.05) is 26.1 Å². The van der Waals surface area contributed by atoms with Crippen molar-refractivity contribution in [1.29, 1.82) is 0 Å².